The molecule has 2 amide bonds. The molecule has 2 fully saturated rings. The summed E-state index contributed by atoms with van der Waals surface area (Å²) in [7, 11) is -3.72. The predicted octanol–water partition coefficient (Wildman–Crippen LogP) is -1.05. The van der Waals surface area contributed by atoms with Gasteiger partial charge in [-0.2, -0.15) is 4.31 Å². The second kappa shape index (κ2) is 8.60. The maximum atomic E-state index is 12.9. The Morgan fingerprint density at radius 1 is 1.40 bits per heavy atom. The number of primary amides is 1. The van der Waals surface area contributed by atoms with Gasteiger partial charge in [0.1, 0.15) is 18.2 Å². The van der Waals surface area contributed by atoms with Gasteiger partial charge in [0.05, 0.1) is 18.9 Å². The van der Waals surface area contributed by atoms with Crippen molar-refractivity contribution in [1.29, 1.82) is 0 Å². The number of aliphatic hydroxyl groups is 1. The number of hydrogen-bond donors (Lipinski definition) is 3. The maximum Gasteiger partial charge on any atom is 0.269 e. The fraction of sp³-hybridized carbons (Fsp3) is 0.579. The molecule has 1 aromatic carbocycles. The number of β-lactam (4-membered cyclic amide) rings is 1. The summed E-state index contributed by atoms with van der Waals surface area (Å²) >= 11 is 0. The summed E-state index contributed by atoms with van der Waals surface area (Å²) in [5, 5.41) is 13.7. The van der Waals surface area contributed by atoms with Crippen molar-refractivity contribution in [3.63, 3.8) is 0 Å². The lowest BCUT2D eigenvalue weighted by atomic mass is 9.89. The molecular formula is C19H28N4O6S. The third-order valence-corrected chi connectivity index (χ3v) is 6.99. The molecule has 2 unspecified atom stereocenters. The van der Waals surface area contributed by atoms with Crippen LogP contribution in [0.1, 0.15) is 25.3 Å². The van der Waals surface area contributed by atoms with E-state index >= 15 is 0 Å². The number of nitrogens with zero attached hydrogens (tertiary/aromatic N) is 2. The number of hydroxylamine groups is 2. The number of carbonyl (C=O) groups is 2. The van der Waals surface area contributed by atoms with E-state index in [-0.39, 0.29) is 19.7 Å². The van der Waals surface area contributed by atoms with Gasteiger partial charge in [-0.1, -0.05) is 30.3 Å². The molecule has 4 atom stereocenters. The number of amides is 2. The Bertz CT molecular complexity index is 894. The van der Waals surface area contributed by atoms with Crippen LogP contribution in [0, 0.1) is 0 Å². The van der Waals surface area contributed by atoms with Crippen LogP contribution < -0.4 is 11.1 Å². The van der Waals surface area contributed by atoms with E-state index in [0.29, 0.717) is 12.8 Å². The molecule has 2 heterocycles. The van der Waals surface area contributed by atoms with Crippen LogP contribution in [0.2, 0.25) is 0 Å². The Morgan fingerprint density at radius 2 is 2.07 bits per heavy atom. The minimum Gasteiger partial charge on any atom is -0.391 e. The van der Waals surface area contributed by atoms with E-state index in [1.54, 1.807) is 0 Å². The predicted molar refractivity (Wildman–Crippen MR) is 108 cm³/mol. The molecule has 166 valence electrons. The van der Waals surface area contributed by atoms with Crippen LogP contribution in [0.4, 0.5) is 0 Å². The molecule has 3 rings (SSSR count). The van der Waals surface area contributed by atoms with Crippen molar-refractivity contribution < 1.29 is 28.0 Å². The van der Waals surface area contributed by atoms with Gasteiger partial charge in [0.15, 0.2) is 0 Å². The second-order valence-corrected chi connectivity index (χ2v) is 9.77. The van der Waals surface area contributed by atoms with Crippen molar-refractivity contribution in [2.45, 2.75) is 50.1 Å². The number of nitrogens with two attached hydrogens (primary N) is 1. The van der Waals surface area contributed by atoms with Gasteiger partial charge < -0.3 is 16.2 Å². The Kier molecular flexibility index (Phi) is 6.48. The quantitative estimate of drug-likeness (QED) is 0.416. The molecule has 2 aliphatic heterocycles. The van der Waals surface area contributed by atoms with Gasteiger partial charge in [0, 0.05) is 12.6 Å². The smallest absolute Gasteiger partial charge is 0.269 e. The van der Waals surface area contributed by atoms with Crippen LogP contribution in [0.25, 0.3) is 0 Å². The number of rotatable bonds is 9. The number of nitrogens with one attached hydrogen (secondary N) is 1. The van der Waals surface area contributed by atoms with Gasteiger partial charge in [-0.25, -0.2) is 13.5 Å². The van der Waals surface area contributed by atoms with Gasteiger partial charge in [0.25, 0.3) is 5.91 Å². The van der Waals surface area contributed by atoms with E-state index in [1.807, 2.05) is 30.3 Å². The highest BCUT2D eigenvalue weighted by Gasteiger charge is 2.64. The number of carbonyl (C=O) groups excluding carboxylic acids is 2. The van der Waals surface area contributed by atoms with Crippen LogP contribution in [-0.4, -0.2) is 77.8 Å². The average Bonchev–Trinajstić information content (AvgIpc) is 3.07. The Labute approximate surface area is 176 Å². The summed E-state index contributed by atoms with van der Waals surface area (Å²) in [6.07, 6.45) is 0.820. The molecule has 2 saturated heterocycles. The van der Waals surface area contributed by atoms with Crippen molar-refractivity contribution in [3.8, 4) is 0 Å². The molecule has 0 aliphatic carbocycles. The van der Waals surface area contributed by atoms with Gasteiger partial charge in [0.2, 0.25) is 15.9 Å². The molecule has 0 saturated carbocycles. The summed E-state index contributed by atoms with van der Waals surface area (Å²) in [6.45, 7) is 1.86. The standard InChI is InChI=1S/C19H28N4O6S/c1-13(24)16(17(20)25)21-10-15-8-9-19(23(15)30(2,27)28)12-22(18(19)26)29-11-14-6-4-3-5-7-14/h3-7,13,15-16,21,24H,8-12H2,1-2H3,(H2,20,25)/t13-,15?,16+,19?/m1/s1. The normalized spacial score (nSPS) is 26.6. The van der Waals surface area contributed by atoms with Crippen LogP contribution in [0.15, 0.2) is 30.3 Å². The van der Waals surface area contributed by atoms with Crippen molar-refractivity contribution in [1.82, 2.24) is 14.7 Å². The molecule has 30 heavy (non-hydrogen) atoms. The summed E-state index contributed by atoms with van der Waals surface area (Å²) < 4.78 is 26.3. The molecule has 4 N–H and O–H groups in total. The molecular weight excluding hydrogens is 412 g/mol. The first kappa shape index (κ1) is 22.6. The van der Waals surface area contributed by atoms with E-state index in [0.717, 1.165) is 11.8 Å². The largest absolute Gasteiger partial charge is 0.391 e. The molecule has 0 aromatic heterocycles. The van der Waals surface area contributed by atoms with Crippen molar-refractivity contribution in [3.05, 3.63) is 35.9 Å². The first-order chi connectivity index (χ1) is 14.1. The third-order valence-electron chi connectivity index (χ3n) is 5.62. The summed E-state index contributed by atoms with van der Waals surface area (Å²) in [5.41, 5.74) is 5.01. The number of hydrogen-bond acceptors (Lipinski definition) is 7. The lowest BCUT2D eigenvalue weighted by Crippen LogP contribution is -2.73. The zero-order valence-corrected chi connectivity index (χ0v) is 17.8. The summed E-state index contributed by atoms with van der Waals surface area (Å²) in [5.74, 6) is -1.13. The molecule has 2 aliphatic rings. The van der Waals surface area contributed by atoms with Crippen molar-refractivity contribution >= 4 is 21.8 Å². The Hall–Kier alpha value is -2.05. The van der Waals surface area contributed by atoms with E-state index in [9.17, 15) is 23.1 Å². The fourth-order valence-electron chi connectivity index (χ4n) is 4.23. The summed E-state index contributed by atoms with van der Waals surface area (Å²) in [4.78, 5) is 30.0. The lowest BCUT2D eigenvalue weighted by molar-refractivity contribution is -0.238. The minimum atomic E-state index is -3.72. The highest BCUT2D eigenvalue weighted by molar-refractivity contribution is 7.88. The van der Waals surface area contributed by atoms with Gasteiger partial charge in [-0.15, -0.1) is 0 Å². The highest BCUT2D eigenvalue weighted by atomic mass is 32.2. The van der Waals surface area contributed by atoms with E-state index < -0.39 is 45.6 Å². The monoisotopic (exact) mass is 440 g/mol. The first-order valence-electron chi connectivity index (χ1n) is 9.75. The Balaban J connectivity index is 1.68. The van der Waals surface area contributed by atoms with Crippen molar-refractivity contribution in [2.75, 3.05) is 19.3 Å². The number of aliphatic hydroxyl groups excluding tert-OH is 1. The highest BCUT2D eigenvalue weighted by Crippen LogP contribution is 2.43. The van der Waals surface area contributed by atoms with Crippen molar-refractivity contribution in [2.24, 2.45) is 5.73 Å². The number of sulfonamides is 1. The topological polar surface area (TPSA) is 142 Å². The van der Waals surface area contributed by atoms with E-state index in [4.69, 9.17) is 10.6 Å². The third kappa shape index (κ3) is 4.35. The van der Waals surface area contributed by atoms with Gasteiger partial charge in [-0.3, -0.25) is 14.4 Å². The van der Waals surface area contributed by atoms with E-state index in [2.05, 4.69) is 5.32 Å². The molecule has 1 spiro atoms. The molecule has 0 radical (unpaired) electrons. The maximum absolute atomic E-state index is 12.9. The zero-order chi connectivity index (χ0) is 22.1. The number of benzene rings is 1. The van der Waals surface area contributed by atoms with Gasteiger partial charge in [-0.05, 0) is 25.3 Å². The SMILES string of the molecule is C[C@@H](O)[C@H](NCC1CCC2(CN(OCc3ccccc3)C2=O)N1S(C)(=O)=O)C(N)=O. The molecule has 11 heteroatoms. The molecule has 10 nitrogen and oxygen atoms in total. The molecule has 0 bridgehead atoms. The van der Waals surface area contributed by atoms with Crippen LogP contribution >= 0.6 is 0 Å². The summed E-state index contributed by atoms with van der Waals surface area (Å²) in [6, 6.07) is 7.81. The second-order valence-electron chi connectivity index (χ2n) is 7.91. The fourth-order valence-corrected chi connectivity index (χ4v) is 5.81. The van der Waals surface area contributed by atoms with Gasteiger partial charge >= 0.3 is 0 Å². The minimum absolute atomic E-state index is 0.0888. The van der Waals surface area contributed by atoms with Crippen LogP contribution in [-0.2, 0) is 31.1 Å². The molecule has 1 aromatic rings. The van der Waals surface area contributed by atoms with Crippen LogP contribution in [0.3, 0.4) is 0 Å². The Morgan fingerprint density at radius 3 is 2.60 bits per heavy atom. The lowest BCUT2D eigenvalue weighted by Gasteiger charge is -2.49. The van der Waals surface area contributed by atoms with Crippen LogP contribution in [0.5, 0.6) is 0 Å². The van der Waals surface area contributed by atoms with E-state index in [1.165, 1.54) is 16.3 Å². The first-order valence-corrected chi connectivity index (χ1v) is 11.6. The average molecular weight is 441 g/mol. The zero-order valence-electron chi connectivity index (χ0n) is 17.0.